The van der Waals surface area contributed by atoms with Gasteiger partial charge in [0.15, 0.2) is 0 Å². The van der Waals surface area contributed by atoms with Crippen LogP contribution in [-0.4, -0.2) is 26.9 Å². The van der Waals surface area contributed by atoms with Crippen LogP contribution in [0, 0.1) is 0 Å². The molecule has 1 aromatic carbocycles. The van der Waals surface area contributed by atoms with Gasteiger partial charge < -0.3 is 0 Å². The van der Waals surface area contributed by atoms with Crippen LogP contribution in [0.25, 0.3) is 0 Å². The lowest BCUT2D eigenvalue weighted by atomic mass is 10.1. The molecule has 2 aromatic rings. The summed E-state index contributed by atoms with van der Waals surface area (Å²) in [7, 11) is 0. The molecule has 1 aromatic heterocycles. The van der Waals surface area contributed by atoms with Crippen LogP contribution in [0.2, 0.25) is 4.47 Å². The Morgan fingerprint density at radius 2 is 1.72 bits per heavy atom. The zero-order chi connectivity index (χ0) is 12.7. The molecule has 0 radical (unpaired) electrons. The Balaban J connectivity index is 1.92. The second-order valence-electron chi connectivity index (χ2n) is 3.69. The summed E-state index contributed by atoms with van der Waals surface area (Å²) in [5, 5.41) is 7.98. The Labute approximate surface area is 111 Å². The zero-order valence-corrected chi connectivity index (χ0v) is 10.5. The first-order chi connectivity index (χ1) is 8.66. The number of hydrogen-bond acceptors (Lipinski definition) is 5. The molecule has 0 atom stereocenters. The van der Waals surface area contributed by atoms with Crippen LogP contribution in [0.4, 0.5) is 0 Å². The third-order valence-electron chi connectivity index (χ3n) is 2.61. The van der Waals surface area contributed by atoms with E-state index in [2.05, 4.69) is 10.2 Å². The predicted octanol–water partition coefficient (Wildman–Crippen LogP) is 1.99. The van der Waals surface area contributed by atoms with Gasteiger partial charge in [0.2, 0.25) is 4.47 Å². The standard InChI is InChI=1S/C11H6ClN3O2S/c12-11-14-13-8(18-11)5-15-9(16)6-3-1-2-4-7(6)10(15)17/h1-4H,5H2. The summed E-state index contributed by atoms with van der Waals surface area (Å²) in [5.74, 6) is -0.608. The van der Waals surface area contributed by atoms with E-state index in [1.54, 1.807) is 24.3 Å². The number of amides is 2. The third kappa shape index (κ3) is 1.70. The van der Waals surface area contributed by atoms with Gasteiger partial charge in [-0.05, 0) is 23.7 Å². The lowest BCUT2D eigenvalue weighted by Gasteiger charge is -2.10. The summed E-state index contributed by atoms with van der Waals surface area (Å²) in [5.41, 5.74) is 0.858. The number of fused-ring (bicyclic) bond motifs is 1. The summed E-state index contributed by atoms with van der Waals surface area (Å²) in [6.07, 6.45) is 0. The highest BCUT2D eigenvalue weighted by molar-refractivity contribution is 7.15. The number of carbonyl (C=O) groups is 2. The molecule has 0 N–H and O–H groups in total. The highest BCUT2D eigenvalue weighted by atomic mass is 35.5. The fourth-order valence-corrected chi connectivity index (χ4v) is 2.67. The average Bonchev–Trinajstić information content (AvgIpc) is 2.88. The van der Waals surface area contributed by atoms with Crippen molar-refractivity contribution in [3.63, 3.8) is 0 Å². The second-order valence-corrected chi connectivity index (χ2v) is 5.33. The second kappa shape index (κ2) is 4.15. The highest BCUT2D eigenvalue weighted by Crippen LogP contribution is 2.25. The topological polar surface area (TPSA) is 63.2 Å². The summed E-state index contributed by atoms with van der Waals surface area (Å²) < 4.78 is 0.293. The van der Waals surface area contributed by atoms with E-state index in [0.29, 0.717) is 20.6 Å². The van der Waals surface area contributed by atoms with Gasteiger partial charge in [-0.25, -0.2) is 0 Å². The van der Waals surface area contributed by atoms with Crippen molar-refractivity contribution >= 4 is 34.8 Å². The van der Waals surface area contributed by atoms with E-state index in [0.717, 1.165) is 16.2 Å². The molecule has 7 heteroatoms. The monoisotopic (exact) mass is 279 g/mol. The molecule has 2 amide bonds. The minimum atomic E-state index is -0.304. The van der Waals surface area contributed by atoms with E-state index in [9.17, 15) is 9.59 Å². The zero-order valence-electron chi connectivity index (χ0n) is 8.96. The van der Waals surface area contributed by atoms with Crippen LogP contribution in [0.3, 0.4) is 0 Å². The smallest absolute Gasteiger partial charge is 0.261 e. The van der Waals surface area contributed by atoms with Gasteiger partial charge in [-0.3, -0.25) is 14.5 Å². The number of imide groups is 1. The van der Waals surface area contributed by atoms with Crippen LogP contribution in [0.15, 0.2) is 24.3 Å². The average molecular weight is 280 g/mol. The van der Waals surface area contributed by atoms with Gasteiger partial charge in [-0.15, -0.1) is 10.2 Å². The Hall–Kier alpha value is -1.79. The van der Waals surface area contributed by atoms with Crippen LogP contribution in [-0.2, 0) is 6.54 Å². The molecule has 0 aliphatic carbocycles. The van der Waals surface area contributed by atoms with Crippen LogP contribution in [0.1, 0.15) is 25.7 Å². The largest absolute Gasteiger partial charge is 0.269 e. The number of halogens is 1. The van der Waals surface area contributed by atoms with E-state index < -0.39 is 0 Å². The molecule has 0 unspecified atom stereocenters. The van der Waals surface area contributed by atoms with Crippen molar-refractivity contribution in [3.8, 4) is 0 Å². The molecule has 0 saturated heterocycles. The van der Waals surface area contributed by atoms with Crippen molar-refractivity contribution in [2.24, 2.45) is 0 Å². The maximum atomic E-state index is 12.0. The first-order valence-electron chi connectivity index (χ1n) is 5.10. The van der Waals surface area contributed by atoms with E-state index in [1.807, 2.05) is 0 Å². The van der Waals surface area contributed by atoms with Crippen molar-refractivity contribution in [2.45, 2.75) is 6.54 Å². The molecule has 5 nitrogen and oxygen atoms in total. The molecule has 3 rings (SSSR count). The van der Waals surface area contributed by atoms with Gasteiger partial charge in [-0.2, -0.15) is 0 Å². The van der Waals surface area contributed by atoms with Gasteiger partial charge in [0.05, 0.1) is 17.7 Å². The van der Waals surface area contributed by atoms with Crippen molar-refractivity contribution in [1.29, 1.82) is 0 Å². The fraction of sp³-hybridized carbons (Fsp3) is 0.0909. The van der Waals surface area contributed by atoms with Crippen LogP contribution < -0.4 is 0 Å². The Morgan fingerprint density at radius 3 is 2.22 bits per heavy atom. The van der Waals surface area contributed by atoms with Crippen molar-refractivity contribution in [2.75, 3.05) is 0 Å². The number of benzene rings is 1. The number of aromatic nitrogens is 2. The number of rotatable bonds is 2. The Morgan fingerprint density at radius 1 is 1.11 bits per heavy atom. The quantitative estimate of drug-likeness (QED) is 0.789. The van der Waals surface area contributed by atoms with Gasteiger partial charge in [0.1, 0.15) is 5.01 Å². The van der Waals surface area contributed by atoms with Crippen LogP contribution >= 0.6 is 22.9 Å². The Kier molecular flexibility index (Phi) is 2.61. The first kappa shape index (κ1) is 11.3. The van der Waals surface area contributed by atoms with Crippen molar-refractivity contribution < 1.29 is 9.59 Å². The first-order valence-corrected chi connectivity index (χ1v) is 6.29. The van der Waals surface area contributed by atoms with Gasteiger partial charge in [0.25, 0.3) is 11.8 Å². The summed E-state index contributed by atoms with van der Waals surface area (Å²) in [6.45, 7) is 0.108. The lowest BCUT2D eigenvalue weighted by molar-refractivity contribution is 0.0642. The molecule has 0 fully saturated rings. The van der Waals surface area contributed by atoms with E-state index in [4.69, 9.17) is 11.6 Å². The molecular formula is C11H6ClN3O2S. The van der Waals surface area contributed by atoms with E-state index >= 15 is 0 Å². The highest BCUT2D eigenvalue weighted by Gasteiger charge is 2.35. The molecule has 1 aliphatic rings. The van der Waals surface area contributed by atoms with Crippen molar-refractivity contribution in [3.05, 3.63) is 44.9 Å². The Bertz CT molecular complexity index is 620. The summed E-state index contributed by atoms with van der Waals surface area (Å²) >= 11 is 6.82. The molecule has 0 saturated carbocycles. The molecule has 0 spiro atoms. The van der Waals surface area contributed by atoms with Gasteiger partial charge >= 0.3 is 0 Å². The molecule has 1 aliphatic heterocycles. The minimum absolute atomic E-state index is 0.108. The van der Waals surface area contributed by atoms with Crippen molar-refractivity contribution in [1.82, 2.24) is 15.1 Å². The molecule has 0 bridgehead atoms. The summed E-state index contributed by atoms with van der Waals surface area (Å²) in [6, 6.07) is 6.75. The third-order valence-corrected chi connectivity index (χ3v) is 3.62. The minimum Gasteiger partial charge on any atom is -0.269 e. The van der Waals surface area contributed by atoms with E-state index in [-0.39, 0.29) is 18.4 Å². The number of carbonyl (C=O) groups excluding carboxylic acids is 2. The molecule has 18 heavy (non-hydrogen) atoms. The SMILES string of the molecule is O=C1c2ccccc2C(=O)N1Cc1nnc(Cl)s1. The molecule has 2 heterocycles. The lowest BCUT2D eigenvalue weighted by Crippen LogP contribution is -2.29. The maximum absolute atomic E-state index is 12.0. The van der Waals surface area contributed by atoms with Crippen LogP contribution in [0.5, 0.6) is 0 Å². The number of hydrogen-bond donors (Lipinski definition) is 0. The molecular weight excluding hydrogens is 274 g/mol. The van der Waals surface area contributed by atoms with E-state index in [1.165, 1.54) is 0 Å². The predicted molar refractivity (Wildman–Crippen MR) is 65.6 cm³/mol. The van der Waals surface area contributed by atoms with Gasteiger partial charge in [0, 0.05) is 0 Å². The van der Waals surface area contributed by atoms with Gasteiger partial charge in [-0.1, -0.05) is 23.5 Å². The summed E-state index contributed by atoms with van der Waals surface area (Å²) in [4.78, 5) is 25.2. The normalized spacial score (nSPS) is 14.2. The molecule has 90 valence electrons. The number of nitrogens with zero attached hydrogens (tertiary/aromatic N) is 3. The fourth-order valence-electron chi connectivity index (χ4n) is 1.82. The maximum Gasteiger partial charge on any atom is 0.261 e.